The third-order valence-corrected chi connectivity index (χ3v) is 8.50. The van der Waals surface area contributed by atoms with Crippen LogP contribution in [-0.4, -0.2) is 49.7 Å². The van der Waals surface area contributed by atoms with E-state index in [1.165, 1.54) is 12.6 Å². The first-order valence-corrected chi connectivity index (χ1v) is 15.2. The number of aromatic nitrogens is 3. The second-order valence-electron chi connectivity index (χ2n) is 11.5. The summed E-state index contributed by atoms with van der Waals surface area (Å²) in [5, 5.41) is 2.98. The van der Waals surface area contributed by atoms with Gasteiger partial charge in [0.15, 0.2) is 0 Å². The summed E-state index contributed by atoms with van der Waals surface area (Å²) < 4.78 is 2.03. The van der Waals surface area contributed by atoms with E-state index in [0.29, 0.717) is 41.6 Å². The number of hydrogen-bond acceptors (Lipinski definition) is 5. The number of imidazole rings is 1. The van der Waals surface area contributed by atoms with E-state index in [4.69, 9.17) is 10.7 Å². The Morgan fingerprint density at radius 2 is 1.95 bits per heavy atom. The maximum absolute atomic E-state index is 13.7. The molecule has 9 heteroatoms. The Bertz CT molecular complexity index is 1380. The number of nitrogens with zero attached hydrogens (tertiary/aromatic N) is 4. The summed E-state index contributed by atoms with van der Waals surface area (Å²) in [4.78, 5) is 49.1. The lowest BCUT2D eigenvalue weighted by Gasteiger charge is -2.33. The number of rotatable bonds is 14. The summed E-state index contributed by atoms with van der Waals surface area (Å²) in [5.74, 6) is -0.0153. The zero-order valence-corrected chi connectivity index (χ0v) is 24.9. The van der Waals surface area contributed by atoms with Gasteiger partial charge >= 0.3 is 0 Å². The van der Waals surface area contributed by atoms with Gasteiger partial charge in [0, 0.05) is 43.0 Å². The average molecular weight is 573 g/mol. The molecule has 3 N–H and O–H groups in total. The quantitative estimate of drug-likeness (QED) is 0.231. The fraction of sp³-hybridized carbons (Fsp3) is 0.485. The average Bonchev–Trinajstić information content (AvgIpc) is 3.35. The SMILES string of the molecule is C=CCN(C(=O)c1ccc2c(c1)nc(NC(=O)c1cccnc1)n2CC(CC)CCCC(C)C(N)=O)C1CCCCC1. The normalized spacial score (nSPS) is 15.2. The molecule has 2 unspecified atom stereocenters. The molecule has 9 nitrogen and oxygen atoms in total. The number of fused-ring (bicyclic) bond motifs is 1. The smallest absolute Gasteiger partial charge is 0.259 e. The van der Waals surface area contributed by atoms with Gasteiger partial charge in [0.1, 0.15) is 0 Å². The minimum Gasteiger partial charge on any atom is -0.369 e. The predicted molar refractivity (Wildman–Crippen MR) is 166 cm³/mol. The summed E-state index contributed by atoms with van der Waals surface area (Å²) in [6.07, 6.45) is 13.9. The molecule has 1 aliphatic carbocycles. The van der Waals surface area contributed by atoms with Crippen LogP contribution < -0.4 is 11.1 Å². The second kappa shape index (κ2) is 14.8. The molecule has 4 rings (SSSR count). The third-order valence-electron chi connectivity index (χ3n) is 8.50. The van der Waals surface area contributed by atoms with Crippen LogP contribution in [0.1, 0.15) is 92.4 Å². The molecule has 0 bridgehead atoms. The number of hydrogen-bond donors (Lipinski definition) is 2. The van der Waals surface area contributed by atoms with E-state index in [1.54, 1.807) is 24.4 Å². The number of amides is 3. The van der Waals surface area contributed by atoms with Crippen LogP contribution in [0, 0.1) is 11.8 Å². The van der Waals surface area contributed by atoms with E-state index in [9.17, 15) is 14.4 Å². The van der Waals surface area contributed by atoms with Gasteiger partial charge in [-0.25, -0.2) is 4.98 Å². The van der Waals surface area contributed by atoms with E-state index in [2.05, 4.69) is 23.8 Å². The molecular weight excluding hydrogens is 528 g/mol. The second-order valence-corrected chi connectivity index (χ2v) is 11.5. The molecule has 3 amide bonds. The predicted octanol–water partition coefficient (Wildman–Crippen LogP) is 5.96. The van der Waals surface area contributed by atoms with Crippen molar-refractivity contribution < 1.29 is 14.4 Å². The fourth-order valence-corrected chi connectivity index (χ4v) is 5.85. The zero-order valence-electron chi connectivity index (χ0n) is 24.9. The minimum absolute atomic E-state index is 0.0193. The van der Waals surface area contributed by atoms with Gasteiger partial charge in [-0.2, -0.15) is 0 Å². The number of carbonyl (C=O) groups excluding carboxylic acids is 3. The molecule has 2 aromatic heterocycles. The van der Waals surface area contributed by atoms with Crippen molar-refractivity contribution in [3.8, 4) is 0 Å². The Labute approximate surface area is 248 Å². The van der Waals surface area contributed by atoms with Crippen LogP contribution in [-0.2, 0) is 11.3 Å². The molecule has 0 saturated heterocycles. The molecule has 0 radical (unpaired) electrons. The first kappa shape index (κ1) is 30.9. The molecule has 2 atom stereocenters. The van der Waals surface area contributed by atoms with E-state index < -0.39 is 0 Å². The van der Waals surface area contributed by atoms with Crippen LogP contribution in [0.4, 0.5) is 5.95 Å². The molecule has 224 valence electrons. The first-order chi connectivity index (χ1) is 20.3. The Hall–Kier alpha value is -4.01. The molecule has 2 heterocycles. The van der Waals surface area contributed by atoms with Crippen LogP contribution >= 0.6 is 0 Å². The molecule has 0 aliphatic heterocycles. The number of carbonyl (C=O) groups is 3. The van der Waals surface area contributed by atoms with Crippen molar-refractivity contribution in [2.75, 3.05) is 11.9 Å². The Balaban J connectivity index is 1.63. The Morgan fingerprint density at radius 1 is 1.17 bits per heavy atom. The maximum atomic E-state index is 13.7. The van der Waals surface area contributed by atoms with Crippen molar-refractivity contribution in [2.45, 2.75) is 84.2 Å². The van der Waals surface area contributed by atoms with Crippen molar-refractivity contribution in [2.24, 2.45) is 17.6 Å². The topological polar surface area (TPSA) is 123 Å². The van der Waals surface area contributed by atoms with Crippen LogP contribution in [0.25, 0.3) is 11.0 Å². The van der Waals surface area contributed by atoms with Gasteiger partial charge in [0.05, 0.1) is 16.6 Å². The van der Waals surface area contributed by atoms with Crippen LogP contribution in [0.2, 0.25) is 0 Å². The highest BCUT2D eigenvalue weighted by molar-refractivity contribution is 6.04. The van der Waals surface area contributed by atoms with Crippen molar-refractivity contribution in [1.29, 1.82) is 0 Å². The van der Waals surface area contributed by atoms with Gasteiger partial charge in [-0.1, -0.05) is 52.0 Å². The molecule has 1 aromatic carbocycles. The maximum Gasteiger partial charge on any atom is 0.259 e. The molecule has 0 spiro atoms. The Morgan fingerprint density at radius 3 is 2.62 bits per heavy atom. The number of nitrogens with two attached hydrogens (primary N) is 1. The van der Waals surface area contributed by atoms with Gasteiger partial charge in [0.25, 0.3) is 11.8 Å². The van der Waals surface area contributed by atoms with Crippen molar-refractivity contribution >= 4 is 34.7 Å². The molecule has 1 fully saturated rings. The van der Waals surface area contributed by atoms with Crippen molar-refractivity contribution in [3.05, 3.63) is 66.5 Å². The zero-order chi connectivity index (χ0) is 30.1. The van der Waals surface area contributed by atoms with Gasteiger partial charge in [-0.3, -0.25) is 24.7 Å². The van der Waals surface area contributed by atoms with Crippen molar-refractivity contribution in [1.82, 2.24) is 19.4 Å². The van der Waals surface area contributed by atoms with Crippen LogP contribution in [0.3, 0.4) is 0 Å². The lowest BCUT2D eigenvalue weighted by molar-refractivity contribution is -0.121. The number of benzene rings is 1. The molecule has 1 saturated carbocycles. The molecule has 42 heavy (non-hydrogen) atoms. The van der Waals surface area contributed by atoms with E-state index in [0.717, 1.165) is 56.9 Å². The molecule has 3 aromatic rings. The van der Waals surface area contributed by atoms with Crippen molar-refractivity contribution in [3.63, 3.8) is 0 Å². The number of anilines is 1. The van der Waals surface area contributed by atoms with Gasteiger partial charge in [-0.15, -0.1) is 6.58 Å². The van der Waals surface area contributed by atoms with E-state index in [1.807, 2.05) is 34.6 Å². The molecular formula is C33H44N6O3. The standard InChI is InChI=1S/C33H44N6O3/c1-4-19-38(27-14-7-6-8-15-27)32(42)25-16-17-29-28(20-25)36-33(37-31(41)26-13-10-18-35-21-26)39(29)22-24(5-2)12-9-11-23(3)30(34)40/h4,10,13,16-18,20-21,23-24,27H,1,5-9,11-12,14-15,19,22H2,2-3H3,(H2,34,40)(H,36,37,41). The van der Waals surface area contributed by atoms with Gasteiger partial charge < -0.3 is 15.2 Å². The minimum atomic E-state index is -0.297. The van der Waals surface area contributed by atoms with Gasteiger partial charge in [-0.05, 0) is 61.9 Å². The number of pyridine rings is 1. The highest BCUT2D eigenvalue weighted by Gasteiger charge is 2.26. The summed E-state index contributed by atoms with van der Waals surface area (Å²) in [6.45, 7) is 9.04. The summed E-state index contributed by atoms with van der Waals surface area (Å²) in [7, 11) is 0. The van der Waals surface area contributed by atoms with E-state index in [-0.39, 0.29) is 29.7 Å². The third kappa shape index (κ3) is 7.63. The summed E-state index contributed by atoms with van der Waals surface area (Å²) in [6, 6.07) is 9.28. The van der Waals surface area contributed by atoms with Gasteiger partial charge in [0.2, 0.25) is 11.9 Å². The lowest BCUT2D eigenvalue weighted by Crippen LogP contribution is -2.41. The highest BCUT2D eigenvalue weighted by atomic mass is 16.2. The monoisotopic (exact) mass is 572 g/mol. The largest absolute Gasteiger partial charge is 0.369 e. The summed E-state index contributed by atoms with van der Waals surface area (Å²) in [5.41, 5.74) is 7.98. The van der Waals surface area contributed by atoms with E-state index >= 15 is 0 Å². The highest BCUT2D eigenvalue weighted by Crippen LogP contribution is 2.28. The lowest BCUT2D eigenvalue weighted by atomic mass is 9.93. The van der Waals surface area contributed by atoms with Crippen LogP contribution in [0.5, 0.6) is 0 Å². The molecule has 1 aliphatic rings. The first-order valence-electron chi connectivity index (χ1n) is 15.2. The fourth-order valence-electron chi connectivity index (χ4n) is 5.85. The van der Waals surface area contributed by atoms with Crippen LogP contribution in [0.15, 0.2) is 55.4 Å². The number of primary amides is 1. The summed E-state index contributed by atoms with van der Waals surface area (Å²) >= 11 is 0. The number of nitrogens with one attached hydrogen (secondary N) is 1. The Kier molecular flexibility index (Phi) is 10.9.